The van der Waals surface area contributed by atoms with Crippen LogP contribution in [-0.4, -0.2) is 34.1 Å². The maximum Gasteiger partial charge on any atom is 0.573 e. The van der Waals surface area contributed by atoms with Crippen molar-refractivity contribution in [3.05, 3.63) is 24.3 Å². The maximum absolute atomic E-state index is 12.1. The number of nitrogens with zero attached hydrogens (tertiary/aromatic N) is 1. The third-order valence-corrected chi connectivity index (χ3v) is 4.04. The normalized spacial score (nSPS) is 19.4. The van der Waals surface area contributed by atoms with Crippen LogP contribution in [0.2, 0.25) is 0 Å². The minimum Gasteiger partial charge on any atom is -0.406 e. The van der Waals surface area contributed by atoms with Gasteiger partial charge in [-0.15, -0.1) is 13.2 Å². The minimum absolute atomic E-state index is 0.0829. The van der Waals surface area contributed by atoms with Gasteiger partial charge in [0.15, 0.2) is 5.17 Å². The van der Waals surface area contributed by atoms with Gasteiger partial charge in [0.25, 0.3) is 0 Å². The zero-order valence-electron chi connectivity index (χ0n) is 14.3. The number of amidine groups is 1. The summed E-state index contributed by atoms with van der Waals surface area (Å²) in [5.74, 6) is -1.12. The lowest BCUT2D eigenvalue weighted by atomic mass is 10.1. The molecule has 2 amide bonds. The first-order valence-corrected chi connectivity index (χ1v) is 8.52. The van der Waals surface area contributed by atoms with Gasteiger partial charge in [-0.1, -0.05) is 11.8 Å². The van der Waals surface area contributed by atoms with Gasteiger partial charge < -0.3 is 15.4 Å². The number of thioether (sulfide) groups is 1. The highest BCUT2D eigenvalue weighted by atomic mass is 32.2. The van der Waals surface area contributed by atoms with Crippen LogP contribution in [0.1, 0.15) is 27.2 Å². The molecular weight excluding hydrogens is 371 g/mol. The van der Waals surface area contributed by atoms with Crippen LogP contribution < -0.4 is 15.4 Å². The van der Waals surface area contributed by atoms with Gasteiger partial charge in [0.2, 0.25) is 11.8 Å². The van der Waals surface area contributed by atoms with Crippen LogP contribution in [0.3, 0.4) is 0 Å². The van der Waals surface area contributed by atoms with Crippen LogP contribution in [0.4, 0.5) is 18.9 Å². The number of halogens is 3. The van der Waals surface area contributed by atoms with E-state index in [2.05, 4.69) is 20.4 Å². The molecule has 2 N–H and O–H groups in total. The maximum atomic E-state index is 12.1. The van der Waals surface area contributed by atoms with Crippen molar-refractivity contribution in [2.24, 2.45) is 4.99 Å². The van der Waals surface area contributed by atoms with E-state index in [0.717, 1.165) is 12.1 Å². The molecule has 0 radical (unpaired) electrons. The molecule has 1 heterocycles. The molecule has 6 nitrogen and oxygen atoms in total. The van der Waals surface area contributed by atoms with Crippen LogP contribution in [0.25, 0.3) is 0 Å². The summed E-state index contributed by atoms with van der Waals surface area (Å²) >= 11 is 1.18. The molecule has 1 aromatic rings. The predicted octanol–water partition coefficient (Wildman–Crippen LogP) is 3.30. The SMILES string of the molecule is CC(C)(C)N=C1NC(=O)[C@@H](CC(=O)Nc2ccc(OC(F)(F)F)cc2)S1. The van der Waals surface area contributed by atoms with E-state index in [0.29, 0.717) is 10.9 Å². The van der Waals surface area contributed by atoms with Crippen molar-refractivity contribution in [2.45, 2.75) is 44.3 Å². The number of alkyl halides is 3. The second-order valence-electron chi connectivity index (χ2n) is 6.51. The zero-order chi connectivity index (χ0) is 19.5. The predicted molar refractivity (Wildman–Crippen MR) is 93.1 cm³/mol. The number of carbonyl (C=O) groups excluding carboxylic acids is 2. The fraction of sp³-hybridized carbons (Fsp3) is 0.438. The second kappa shape index (κ2) is 7.56. The van der Waals surface area contributed by atoms with E-state index in [4.69, 9.17) is 0 Å². The minimum atomic E-state index is -4.77. The highest BCUT2D eigenvalue weighted by molar-refractivity contribution is 8.15. The van der Waals surface area contributed by atoms with Crippen LogP contribution >= 0.6 is 11.8 Å². The van der Waals surface area contributed by atoms with Crippen molar-refractivity contribution in [1.82, 2.24) is 5.32 Å². The van der Waals surface area contributed by atoms with E-state index in [-0.39, 0.29) is 23.6 Å². The van der Waals surface area contributed by atoms with Gasteiger partial charge >= 0.3 is 6.36 Å². The van der Waals surface area contributed by atoms with Crippen molar-refractivity contribution >= 4 is 34.4 Å². The monoisotopic (exact) mass is 389 g/mol. The molecule has 10 heteroatoms. The molecule has 1 atom stereocenters. The number of anilines is 1. The van der Waals surface area contributed by atoms with E-state index >= 15 is 0 Å². The Balaban J connectivity index is 1.91. The highest BCUT2D eigenvalue weighted by Crippen LogP contribution is 2.26. The first-order valence-electron chi connectivity index (χ1n) is 7.64. The summed E-state index contributed by atoms with van der Waals surface area (Å²) in [7, 11) is 0. The molecule has 0 aliphatic carbocycles. The molecule has 142 valence electrons. The summed E-state index contributed by atoms with van der Waals surface area (Å²) in [6, 6.07) is 4.75. The van der Waals surface area contributed by atoms with E-state index in [1.165, 1.54) is 23.9 Å². The number of nitrogens with one attached hydrogen (secondary N) is 2. The Hall–Kier alpha value is -2.23. The van der Waals surface area contributed by atoms with Gasteiger partial charge in [-0.25, -0.2) is 0 Å². The van der Waals surface area contributed by atoms with Crippen molar-refractivity contribution in [3.63, 3.8) is 0 Å². The average molecular weight is 389 g/mol. The smallest absolute Gasteiger partial charge is 0.406 e. The standard InChI is InChI=1S/C16H18F3N3O3S/c1-15(2,3)22-14-21-13(24)11(26-14)8-12(23)20-9-4-6-10(7-5-9)25-16(17,18)19/h4-7,11H,8H2,1-3H3,(H,20,23)(H,21,22,24)/t11-/m1/s1. The Morgan fingerprint density at radius 3 is 2.42 bits per heavy atom. The number of carbonyl (C=O) groups is 2. The van der Waals surface area contributed by atoms with E-state index in [9.17, 15) is 22.8 Å². The van der Waals surface area contributed by atoms with Crippen molar-refractivity contribution in [1.29, 1.82) is 0 Å². The van der Waals surface area contributed by atoms with Crippen molar-refractivity contribution in [2.75, 3.05) is 5.32 Å². The molecule has 2 rings (SSSR count). The van der Waals surface area contributed by atoms with E-state index < -0.39 is 17.5 Å². The Morgan fingerprint density at radius 1 is 1.27 bits per heavy atom. The summed E-state index contributed by atoms with van der Waals surface area (Å²) in [5.41, 5.74) is -0.0518. The van der Waals surface area contributed by atoms with Gasteiger partial charge in [-0.05, 0) is 45.0 Å². The molecular formula is C16H18F3N3O3S. The summed E-state index contributed by atoms with van der Waals surface area (Å²) in [4.78, 5) is 28.3. The number of rotatable bonds is 4. The molecule has 1 aliphatic heterocycles. The molecule has 1 aromatic carbocycles. The lowest BCUT2D eigenvalue weighted by Gasteiger charge is -2.12. The molecule has 1 saturated heterocycles. The quantitative estimate of drug-likeness (QED) is 0.828. The fourth-order valence-electron chi connectivity index (χ4n) is 2.02. The van der Waals surface area contributed by atoms with Crippen LogP contribution in [0, 0.1) is 0 Å². The molecule has 0 aromatic heterocycles. The number of hydrogen-bond donors (Lipinski definition) is 2. The topological polar surface area (TPSA) is 79.8 Å². The number of hydrogen-bond acceptors (Lipinski definition) is 5. The second-order valence-corrected chi connectivity index (χ2v) is 7.70. The summed E-state index contributed by atoms with van der Waals surface area (Å²) < 4.78 is 40.1. The van der Waals surface area contributed by atoms with Gasteiger partial charge in [0.1, 0.15) is 11.0 Å². The highest BCUT2D eigenvalue weighted by Gasteiger charge is 2.33. The zero-order valence-corrected chi connectivity index (χ0v) is 15.1. The van der Waals surface area contributed by atoms with Crippen molar-refractivity contribution in [3.8, 4) is 5.75 Å². The number of aliphatic imine (C=N–C) groups is 1. The molecule has 1 fully saturated rings. The molecule has 26 heavy (non-hydrogen) atoms. The van der Waals surface area contributed by atoms with Gasteiger partial charge in [-0.3, -0.25) is 14.6 Å². The third kappa shape index (κ3) is 6.58. The third-order valence-electron chi connectivity index (χ3n) is 2.96. The Morgan fingerprint density at radius 2 is 1.88 bits per heavy atom. The number of benzene rings is 1. The molecule has 1 aliphatic rings. The number of ether oxygens (including phenoxy) is 1. The summed E-state index contributed by atoms with van der Waals surface area (Å²) in [6.45, 7) is 5.66. The first kappa shape index (κ1) is 20.1. The summed E-state index contributed by atoms with van der Waals surface area (Å²) in [6.07, 6.45) is -4.86. The van der Waals surface area contributed by atoms with Crippen LogP contribution in [0.5, 0.6) is 5.75 Å². The molecule has 0 spiro atoms. The molecule has 0 saturated carbocycles. The lowest BCUT2D eigenvalue weighted by molar-refractivity contribution is -0.274. The Kier molecular flexibility index (Phi) is 5.84. The van der Waals surface area contributed by atoms with Crippen LogP contribution in [0.15, 0.2) is 29.3 Å². The van der Waals surface area contributed by atoms with E-state index in [1.54, 1.807) is 0 Å². The Labute approximate surface area is 152 Å². The summed E-state index contributed by atoms with van der Waals surface area (Å²) in [5, 5.41) is 5.02. The van der Waals surface area contributed by atoms with Gasteiger partial charge in [-0.2, -0.15) is 0 Å². The van der Waals surface area contributed by atoms with E-state index in [1.807, 2.05) is 20.8 Å². The largest absolute Gasteiger partial charge is 0.573 e. The number of amides is 2. The molecule has 0 bridgehead atoms. The first-order chi connectivity index (χ1) is 11.9. The van der Waals surface area contributed by atoms with Crippen molar-refractivity contribution < 1.29 is 27.5 Å². The van der Waals surface area contributed by atoms with Crippen LogP contribution in [-0.2, 0) is 9.59 Å². The lowest BCUT2D eigenvalue weighted by Crippen LogP contribution is -2.28. The van der Waals surface area contributed by atoms with Gasteiger partial charge in [0, 0.05) is 12.1 Å². The molecule has 0 unspecified atom stereocenters. The fourth-order valence-corrected chi connectivity index (χ4v) is 3.17. The average Bonchev–Trinajstić information content (AvgIpc) is 2.77. The van der Waals surface area contributed by atoms with Gasteiger partial charge in [0.05, 0.1) is 5.54 Å². The Bertz CT molecular complexity index is 712.